The van der Waals surface area contributed by atoms with Gasteiger partial charge < -0.3 is 39.7 Å². The maximum absolute atomic E-state index is 12.2. The lowest BCUT2D eigenvalue weighted by atomic mass is 9.43. The largest absolute Gasteiger partial charge is 0.458 e. The molecule has 4 aliphatic rings. The molecule has 3 fully saturated rings. The van der Waals surface area contributed by atoms with Gasteiger partial charge in [0, 0.05) is 11.0 Å². The normalized spacial score (nSPS) is 47.7. The third-order valence-corrected chi connectivity index (χ3v) is 9.84. The summed E-state index contributed by atoms with van der Waals surface area (Å²) in [5.74, 6) is -0.124. The van der Waals surface area contributed by atoms with E-state index < -0.39 is 53.7 Å². The first-order valence-electron chi connectivity index (χ1n) is 12.9. The fraction of sp³-hybridized carbons (Fsp3) is 0.885. The van der Waals surface area contributed by atoms with Gasteiger partial charge in [-0.1, -0.05) is 27.7 Å². The second kappa shape index (κ2) is 9.67. The zero-order chi connectivity index (χ0) is 25.8. The van der Waals surface area contributed by atoms with Crippen LogP contribution in [0.5, 0.6) is 0 Å². The van der Waals surface area contributed by atoms with Crippen molar-refractivity contribution in [1.29, 1.82) is 0 Å². The van der Waals surface area contributed by atoms with Gasteiger partial charge in [0.1, 0.15) is 31.0 Å². The molecule has 0 unspecified atom stereocenters. The molecule has 0 radical (unpaired) electrons. The number of carbonyl (C=O) groups excluding carboxylic acids is 1. The van der Waals surface area contributed by atoms with Crippen molar-refractivity contribution in [1.82, 2.24) is 0 Å². The third kappa shape index (κ3) is 4.37. The van der Waals surface area contributed by atoms with Crippen LogP contribution in [0.1, 0.15) is 66.2 Å². The zero-order valence-corrected chi connectivity index (χ0v) is 21.2. The first-order chi connectivity index (χ1) is 16.4. The Balaban J connectivity index is 1.53. The van der Waals surface area contributed by atoms with Crippen molar-refractivity contribution in [2.24, 2.45) is 22.7 Å². The number of aliphatic hydroxyl groups is 5. The molecule has 9 heteroatoms. The molecule has 1 saturated heterocycles. The Hall–Kier alpha value is -1.07. The summed E-state index contributed by atoms with van der Waals surface area (Å²) in [6.07, 6.45) is -1.08. The Morgan fingerprint density at radius 1 is 1.09 bits per heavy atom. The molecule has 0 aromatic heterocycles. The molecule has 10 atom stereocenters. The van der Waals surface area contributed by atoms with Crippen LogP contribution in [0.3, 0.4) is 0 Å². The minimum Gasteiger partial charge on any atom is -0.458 e. The van der Waals surface area contributed by atoms with E-state index in [1.165, 1.54) is 0 Å². The Labute approximate surface area is 207 Å². The maximum Gasteiger partial charge on any atom is 0.334 e. The molecule has 4 rings (SSSR count). The summed E-state index contributed by atoms with van der Waals surface area (Å²) >= 11 is 0. The molecule has 9 nitrogen and oxygen atoms in total. The lowest BCUT2D eigenvalue weighted by Gasteiger charge is -2.64. The van der Waals surface area contributed by atoms with E-state index in [0.29, 0.717) is 37.9 Å². The second-order valence-corrected chi connectivity index (χ2v) is 11.9. The van der Waals surface area contributed by atoms with Crippen LogP contribution in [0.4, 0.5) is 0 Å². The molecule has 0 aromatic rings. The van der Waals surface area contributed by atoms with Crippen LogP contribution in [0, 0.1) is 22.7 Å². The summed E-state index contributed by atoms with van der Waals surface area (Å²) in [7, 11) is 0. The molecule has 2 aliphatic carbocycles. The summed E-state index contributed by atoms with van der Waals surface area (Å²) < 4.78 is 16.9. The van der Waals surface area contributed by atoms with E-state index >= 15 is 0 Å². The highest BCUT2D eigenvalue weighted by molar-refractivity contribution is 5.90. The minimum atomic E-state index is -1.49. The second-order valence-electron chi connectivity index (χ2n) is 11.9. The lowest BCUT2D eigenvalue weighted by molar-refractivity contribution is -0.332. The van der Waals surface area contributed by atoms with Gasteiger partial charge in [0.05, 0.1) is 18.3 Å². The Morgan fingerprint density at radius 3 is 2.43 bits per heavy atom. The van der Waals surface area contributed by atoms with Gasteiger partial charge in [-0.3, -0.25) is 0 Å². The van der Waals surface area contributed by atoms with Crippen molar-refractivity contribution in [2.75, 3.05) is 13.2 Å². The Morgan fingerprint density at radius 2 is 1.80 bits per heavy atom. The molecule has 2 heterocycles. The van der Waals surface area contributed by atoms with Gasteiger partial charge in [-0.25, -0.2) is 4.79 Å². The molecule has 2 saturated carbocycles. The number of carbonyl (C=O) groups is 1. The smallest absolute Gasteiger partial charge is 0.334 e. The molecule has 0 spiro atoms. The molecular weight excluding hydrogens is 456 g/mol. The number of ether oxygens (including phenoxy) is 3. The van der Waals surface area contributed by atoms with Crippen LogP contribution < -0.4 is 0 Å². The van der Waals surface area contributed by atoms with Crippen molar-refractivity contribution in [3.8, 4) is 0 Å². The van der Waals surface area contributed by atoms with Gasteiger partial charge >= 0.3 is 5.97 Å². The van der Waals surface area contributed by atoms with Crippen LogP contribution in [0.2, 0.25) is 0 Å². The Bertz CT molecular complexity index is 826. The molecule has 35 heavy (non-hydrogen) atoms. The predicted octanol–water partition coefficient (Wildman–Crippen LogP) is 1.04. The van der Waals surface area contributed by atoms with Crippen molar-refractivity contribution >= 4 is 5.97 Å². The average molecular weight is 499 g/mol. The van der Waals surface area contributed by atoms with Crippen molar-refractivity contribution in [2.45, 2.75) is 109 Å². The highest BCUT2D eigenvalue weighted by Crippen LogP contribution is 2.64. The number of hydrogen-bond donors (Lipinski definition) is 5. The number of cyclic esters (lactones) is 1. The van der Waals surface area contributed by atoms with E-state index in [1.54, 1.807) is 6.08 Å². The summed E-state index contributed by atoms with van der Waals surface area (Å²) in [5.41, 5.74) is -1.14. The zero-order valence-electron chi connectivity index (χ0n) is 21.2. The summed E-state index contributed by atoms with van der Waals surface area (Å²) in [4.78, 5) is 12.0. The molecule has 0 bridgehead atoms. The van der Waals surface area contributed by atoms with E-state index in [1.807, 2.05) is 0 Å². The predicted molar refractivity (Wildman–Crippen MR) is 125 cm³/mol. The van der Waals surface area contributed by atoms with Gasteiger partial charge in [-0.15, -0.1) is 0 Å². The van der Waals surface area contributed by atoms with E-state index in [-0.39, 0.29) is 23.9 Å². The van der Waals surface area contributed by atoms with Crippen molar-refractivity contribution < 1.29 is 44.5 Å². The number of rotatable bonds is 6. The number of esters is 1. The van der Waals surface area contributed by atoms with E-state index in [0.717, 1.165) is 12.8 Å². The molecule has 200 valence electrons. The first kappa shape index (κ1) is 27.0. The van der Waals surface area contributed by atoms with Crippen LogP contribution in [0.25, 0.3) is 0 Å². The van der Waals surface area contributed by atoms with Gasteiger partial charge in [0.25, 0.3) is 0 Å². The number of hydrogen-bond acceptors (Lipinski definition) is 9. The highest BCUT2D eigenvalue weighted by Gasteiger charge is 2.64. The standard InChI is InChI=1S/C26H42O9/c1-14-5-6-17-24(2,3)18(35-23-21(30)20(29)19(28)16(13-27)34-23)8-10-25(17,4)26(14,32)11-7-15-9-12-33-22(15)31/h9,14,16-21,23,27-30,32H,5-8,10-13H2,1-4H3/t14-,16-,17-,18+,19-,20+,21-,23+,25-,26-/m1/s1. The van der Waals surface area contributed by atoms with Gasteiger partial charge in [0.15, 0.2) is 6.29 Å². The number of aliphatic hydroxyl groups excluding tert-OH is 4. The van der Waals surface area contributed by atoms with E-state index in [4.69, 9.17) is 14.2 Å². The van der Waals surface area contributed by atoms with Crippen LogP contribution in [0.15, 0.2) is 11.6 Å². The SMILES string of the molecule is C[C@@H]1CC[C@@H]2C(C)(C)[C@@H](O[C@@H]3O[C@H](CO)[C@@H](O)[C@H](O)[C@H]3O)CC[C@@]2(C)[C@@]1(O)CCC1=CCOC1=O. The van der Waals surface area contributed by atoms with E-state index in [9.17, 15) is 30.3 Å². The molecule has 0 aromatic carbocycles. The lowest BCUT2D eigenvalue weighted by Crippen LogP contribution is -2.66. The quantitative estimate of drug-likeness (QED) is 0.268. The summed E-state index contributed by atoms with van der Waals surface area (Å²) in [6.45, 7) is 8.25. The maximum atomic E-state index is 12.2. The topological polar surface area (TPSA) is 146 Å². The summed E-state index contributed by atoms with van der Waals surface area (Å²) in [6, 6.07) is 0. The fourth-order valence-corrected chi connectivity index (χ4v) is 7.49. The summed E-state index contributed by atoms with van der Waals surface area (Å²) in [5, 5.41) is 52.5. The van der Waals surface area contributed by atoms with Gasteiger partial charge in [-0.05, 0) is 61.9 Å². The van der Waals surface area contributed by atoms with E-state index in [2.05, 4.69) is 27.7 Å². The first-order valence-corrected chi connectivity index (χ1v) is 12.9. The highest BCUT2D eigenvalue weighted by atomic mass is 16.7. The van der Waals surface area contributed by atoms with Gasteiger partial charge in [0.2, 0.25) is 0 Å². The average Bonchev–Trinajstić information content (AvgIpc) is 3.22. The third-order valence-electron chi connectivity index (χ3n) is 9.84. The fourth-order valence-electron chi connectivity index (χ4n) is 7.49. The molecular formula is C26H42O9. The van der Waals surface area contributed by atoms with Crippen LogP contribution in [-0.2, 0) is 19.0 Å². The van der Waals surface area contributed by atoms with Crippen molar-refractivity contribution in [3.05, 3.63) is 11.6 Å². The number of fused-ring (bicyclic) bond motifs is 1. The molecule has 5 N–H and O–H groups in total. The van der Waals surface area contributed by atoms with Gasteiger partial charge in [-0.2, -0.15) is 0 Å². The Kier molecular flexibility index (Phi) is 7.45. The monoisotopic (exact) mass is 498 g/mol. The minimum absolute atomic E-state index is 0.0699. The molecule has 2 aliphatic heterocycles. The van der Waals surface area contributed by atoms with Crippen molar-refractivity contribution in [3.63, 3.8) is 0 Å². The molecule has 0 amide bonds. The van der Waals surface area contributed by atoms with Crippen LogP contribution >= 0.6 is 0 Å². The van der Waals surface area contributed by atoms with Crippen LogP contribution in [-0.4, -0.2) is 87.1 Å².